The number of fused-ring (bicyclic) bond motifs is 1. The summed E-state index contributed by atoms with van der Waals surface area (Å²) in [6.45, 7) is 7.00. The van der Waals surface area contributed by atoms with Gasteiger partial charge in [-0.15, -0.1) is 11.6 Å². The third-order valence-electron chi connectivity index (χ3n) is 22.8. The van der Waals surface area contributed by atoms with Gasteiger partial charge in [0, 0.05) is 67.3 Å². The van der Waals surface area contributed by atoms with Crippen molar-refractivity contribution in [3.8, 4) is 5.75 Å². The number of aliphatic hydroxyl groups excluding tert-OH is 12. The molecule has 146 heavy (non-hydrogen) atoms. The highest BCUT2D eigenvalue weighted by molar-refractivity contribution is 8.76. The Morgan fingerprint density at radius 2 is 1.23 bits per heavy atom. The predicted molar refractivity (Wildman–Crippen MR) is 517 cm³/mol. The van der Waals surface area contributed by atoms with Gasteiger partial charge in [0.25, 0.3) is 11.5 Å². The molecule has 6 rings (SSSR count). The number of ketones is 3. The topological polar surface area (TPSA) is 825 Å². The van der Waals surface area contributed by atoms with Gasteiger partial charge >= 0.3 is 42.0 Å². The van der Waals surface area contributed by atoms with Crippen molar-refractivity contribution < 1.29 is 182 Å². The number of carbonyl (C=O) groups is 16. The molecule has 26 N–H and O–H groups in total. The SMILES string of the molecule is CC(=O)[C@H](CC(=O)O)NC(=O)[C@@H](CC(=O)[C@H](CC(=O)O)NC(=O)[C@@H](CC(=O)CC[C@H](NC(=O)c1ccc(NCc2cnc3nc(N)[nH]c(=O)c3n2)cc1)C(=O)O)[C@@H](O)[C@H](O)[C@H](O)CO)[C@@H](O)[C@H](O)[C@H](O)CO.CC[C@H](C(=O)N[C@H](CSSCCOC(=O)O[C@H]([C@@H](C)[C@@H]1C/C=C/C(=O)N[C@H](Cc2ccc(OC)c(Cl)c2)C(=O)NCC(C)(C)C(=O)O[C@@H](CC(C)C)C(=O)O1)[C@@H](Cl)c1ccccc1)C(=O)O)[C@@H](O)[C@H](O)[C@H](O)CO. The molecule has 0 radical (unpaired) electrons. The number of aromatic nitrogens is 4. The number of hydrogen-bond acceptors (Lipinski definition) is 41. The Bertz CT molecular complexity index is 5370. The van der Waals surface area contributed by atoms with Crippen LogP contribution in [0.2, 0.25) is 5.02 Å². The molecule has 0 saturated heterocycles. The molecule has 0 aliphatic carbocycles. The molecule has 0 bridgehead atoms. The number of carbonyl (C=O) groups excluding carboxylic acids is 12. The molecule has 3 heterocycles. The largest absolute Gasteiger partial charge is 0.508 e. The molecule has 0 unspecified atom stereocenters. The number of methoxy groups -OCH3 is 1. The van der Waals surface area contributed by atoms with Gasteiger partial charge in [0.05, 0.1) is 122 Å². The smallest absolute Gasteiger partial charge is 0.495 e. The lowest BCUT2D eigenvalue weighted by Gasteiger charge is -2.34. The standard InChI is InChI=1S/C50H69Cl2N3O17S2.C42H55N9O21/c1-8-31(41(59)42(60)35(57)24-56)44(61)55-34(46(63)64)25-74-73-20-19-69-49(67)72-43(40(52)30-13-10-9-11-14-30)28(4)36-15-12-16-39(58)54-33(23-29-17-18-37(68-7)32(51)22-29)45(62)53-26-50(5,6)48(66)71-38(21-27(2)3)47(65)70-36;1-16(54)24(10-29(59)60)48-39(69)22(33(64)35(66)28(58)15-53)9-26(56)25(11-30(61)62)49-38(68)21(32(63)34(65)27(57)14-52)8-20(55)6-7-23(41(71)72)47-37(67)17-2-4-18(5-3-17)44-12-19-13-45-36-31(46-19)40(70)51-42(43)50-36/h9-14,16-18,22,27-28,31,33-36,38,40-43,56-57,59-60H,8,15,19-21,23-26H2,1-7H3,(H,53,62)(H,54,58)(H,55,61)(H,63,64);2-5,13,21-25,27-28,32-35,44,52-53,57-58,63-66H,6-12,14-15H2,1H3,(H,47,67)(H,48,69)(H,49,68)(H,59,60)(H,61,62)(H,71,72)(H3,43,45,50,51,70)/b16-12+;/t28-,31-,33+,34+,35+,36-,38-,40-,41+,42+,43+;21-,22-,23-,24-,25-,27+,28+,32+,33+,34+,35+/m00/s1. The number of halogens is 2. The molecule has 806 valence electrons. The lowest BCUT2D eigenvalue weighted by atomic mass is 9.86. The van der Waals surface area contributed by atoms with Crippen LogP contribution in [0.4, 0.5) is 16.4 Å². The van der Waals surface area contributed by atoms with Crippen molar-refractivity contribution in [2.24, 2.45) is 35.0 Å². The summed E-state index contributed by atoms with van der Waals surface area (Å²) in [7, 11) is 3.58. The van der Waals surface area contributed by atoms with Gasteiger partial charge in [-0.1, -0.05) is 103 Å². The number of H-pyrrole nitrogens is 1. The van der Waals surface area contributed by atoms with Crippen LogP contribution in [0.3, 0.4) is 0 Å². The highest BCUT2D eigenvalue weighted by Gasteiger charge is 2.46. The van der Waals surface area contributed by atoms with Crippen LogP contribution >= 0.6 is 44.8 Å². The van der Waals surface area contributed by atoms with E-state index >= 15 is 0 Å². The molecule has 50 nitrogen and oxygen atoms in total. The summed E-state index contributed by atoms with van der Waals surface area (Å²) in [5.41, 5.74) is 5.37. The fourth-order valence-electron chi connectivity index (χ4n) is 14.2. The predicted octanol–water partition coefficient (Wildman–Crippen LogP) is -1.78. The number of Topliss-reactive ketones (excluding diaryl/α,β-unsaturated/α-hetero) is 3. The number of cyclic esters (lactones) is 2. The Hall–Kier alpha value is -12.3. The van der Waals surface area contributed by atoms with Crippen molar-refractivity contribution in [1.29, 1.82) is 0 Å². The molecular formula is C92H124Cl2N12O38S2. The average Bonchev–Trinajstić information content (AvgIpc) is 0.796. The number of anilines is 2. The maximum atomic E-state index is 14.1. The summed E-state index contributed by atoms with van der Waals surface area (Å²) in [6.07, 6.45) is -27.0. The number of ether oxygens (including phenoxy) is 5. The molecule has 0 saturated carbocycles. The van der Waals surface area contributed by atoms with Gasteiger partial charge in [0.1, 0.15) is 85.1 Å². The number of aliphatic hydroxyl groups is 12. The van der Waals surface area contributed by atoms with E-state index in [0.717, 1.165) is 28.5 Å². The van der Waals surface area contributed by atoms with Crippen LogP contribution in [-0.4, -0.2) is 351 Å². The van der Waals surface area contributed by atoms with Crippen LogP contribution in [0.1, 0.15) is 139 Å². The Balaban J connectivity index is 0.000000514. The number of alkyl halides is 1. The molecule has 1 aliphatic heterocycles. The van der Waals surface area contributed by atoms with Crippen LogP contribution in [0, 0.1) is 35.0 Å². The molecule has 3 aromatic carbocycles. The maximum absolute atomic E-state index is 14.1. The van der Waals surface area contributed by atoms with Crippen molar-refractivity contribution in [2.45, 2.75) is 228 Å². The summed E-state index contributed by atoms with van der Waals surface area (Å²) in [5.74, 6) is -24.5. The van der Waals surface area contributed by atoms with Crippen molar-refractivity contribution >= 4 is 162 Å². The highest BCUT2D eigenvalue weighted by atomic mass is 35.5. The van der Waals surface area contributed by atoms with E-state index in [1.54, 1.807) is 55.5 Å². The summed E-state index contributed by atoms with van der Waals surface area (Å²) >= 11 is 13.4. The molecule has 1 aliphatic rings. The number of hydrogen-bond donors (Lipinski definition) is 25. The van der Waals surface area contributed by atoms with Crippen LogP contribution in [0.5, 0.6) is 5.75 Å². The van der Waals surface area contributed by atoms with Crippen molar-refractivity contribution in [3.63, 3.8) is 0 Å². The van der Waals surface area contributed by atoms with Gasteiger partial charge < -0.3 is 148 Å². The van der Waals surface area contributed by atoms with E-state index in [4.69, 9.17) is 57.7 Å². The number of amides is 6. The Labute approximate surface area is 852 Å². The fourth-order valence-corrected chi connectivity index (χ4v) is 16.9. The van der Waals surface area contributed by atoms with Gasteiger partial charge in [-0.05, 0) is 99.6 Å². The van der Waals surface area contributed by atoms with Gasteiger partial charge in [-0.25, -0.2) is 29.1 Å². The zero-order chi connectivity index (χ0) is 109. The average molecular weight is 2140 g/mol. The molecular weight excluding hydrogens is 2020 g/mol. The number of carboxylic acid groups (broad SMARTS) is 4. The Morgan fingerprint density at radius 1 is 0.671 bits per heavy atom. The number of esters is 2. The molecule has 2 aromatic heterocycles. The maximum Gasteiger partial charge on any atom is 0.508 e. The normalized spacial score (nSPS) is 18.7. The van der Waals surface area contributed by atoms with E-state index in [2.05, 4.69) is 46.5 Å². The third kappa shape index (κ3) is 39.5. The number of nitrogens with two attached hydrogens (primary N) is 1. The number of carboxylic acids is 4. The van der Waals surface area contributed by atoms with E-state index < -0.39 is 297 Å². The zero-order valence-corrected chi connectivity index (χ0v) is 83.4. The van der Waals surface area contributed by atoms with Crippen LogP contribution < -0.4 is 53.2 Å². The summed E-state index contributed by atoms with van der Waals surface area (Å²) in [4.78, 5) is 235. The van der Waals surface area contributed by atoms with Crippen molar-refractivity contribution in [3.05, 3.63) is 129 Å². The number of nitrogens with one attached hydrogen (secondary N) is 8. The minimum Gasteiger partial charge on any atom is -0.495 e. The van der Waals surface area contributed by atoms with E-state index in [1.165, 1.54) is 70.5 Å². The van der Waals surface area contributed by atoms with Crippen LogP contribution in [0.25, 0.3) is 11.2 Å². The minimum absolute atomic E-state index is 0.00208. The quantitative estimate of drug-likeness (QED) is 0.00672. The second-order valence-electron chi connectivity index (χ2n) is 34.9. The third-order valence-corrected chi connectivity index (χ3v) is 25.9. The van der Waals surface area contributed by atoms with E-state index in [1.807, 2.05) is 24.5 Å². The lowest BCUT2D eigenvalue weighted by Crippen LogP contribution is -2.54. The van der Waals surface area contributed by atoms with Gasteiger partial charge in [-0.2, -0.15) is 4.98 Å². The first-order chi connectivity index (χ1) is 68.7. The van der Waals surface area contributed by atoms with Crippen molar-refractivity contribution in [2.75, 3.05) is 62.6 Å². The Kier molecular flexibility index (Phi) is 51.7. The molecule has 0 spiro atoms. The van der Waals surface area contributed by atoms with Crippen LogP contribution in [-0.2, 0) is 99.0 Å². The summed E-state index contributed by atoms with van der Waals surface area (Å²) in [5, 5.41) is 175. The summed E-state index contributed by atoms with van der Waals surface area (Å²) < 4.78 is 28.5. The fraction of sp³-hybridized carbons (Fsp3) is 0.543. The number of benzene rings is 3. The monoisotopic (exact) mass is 2140 g/mol. The highest BCUT2D eigenvalue weighted by Crippen LogP contribution is 2.37. The molecule has 6 amide bonds. The number of nitrogens with zero attached hydrogens (tertiary/aromatic N) is 3. The number of aromatic amines is 1. The van der Waals surface area contributed by atoms with E-state index in [-0.39, 0.29) is 90.5 Å². The lowest BCUT2D eigenvalue weighted by molar-refractivity contribution is -0.180. The van der Waals surface area contributed by atoms with Gasteiger partial charge in [0.15, 0.2) is 28.8 Å². The first-order valence-electron chi connectivity index (χ1n) is 45.4. The first kappa shape index (κ1) is 124. The molecule has 5 aromatic rings. The minimum atomic E-state index is -2.50. The first-order valence-corrected chi connectivity index (χ1v) is 48.7. The molecule has 0 fully saturated rings. The molecule has 54 heteroatoms. The molecule has 22 atom stereocenters. The summed E-state index contributed by atoms with van der Waals surface area (Å²) in [6, 6.07) is 10.7. The van der Waals surface area contributed by atoms with E-state index in [0.29, 0.717) is 28.3 Å². The van der Waals surface area contributed by atoms with Gasteiger partial charge in [-0.3, -0.25) is 67.3 Å². The second kappa shape index (κ2) is 60.7. The second-order valence-corrected chi connectivity index (χ2v) is 38.4. The van der Waals surface area contributed by atoms with Gasteiger partial charge in [0.2, 0.25) is 35.5 Å². The number of nitrogen functional groups attached to an aromatic ring is 1. The van der Waals surface area contributed by atoms with Crippen LogP contribution in [0.15, 0.2) is 95.9 Å². The zero-order valence-electron chi connectivity index (χ0n) is 80.3. The number of aliphatic carboxylic acids is 4. The number of rotatable bonds is 55. The van der Waals surface area contributed by atoms with Crippen molar-refractivity contribution in [1.82, 2.24) is 51.8 Å². The Morgan fingerprint density at radius 3 is 1.78 bits per heavy atom. The van der Waals surface area contributed by atoms with E-state index in [9.17, 15) is 158 Å².